The largest absolute Gasteiger partial charge is 0.471 e. The third-order valence-electron chi connectivity index (χ3n) is 11.2. The van der Waals surface area contributed by atoms with Gasteiger partial charge in [0, 0.05) is 49.7 Å². The van der Waals surface area contributed by atoms with Crippen molar-refractivity contribution in [3.05, 3.63) is 130 Å². The Morgan fingerprint density at radius 1 is 0.875 bits per heavy atom. The summed E-state index contributed by atoms with van der Waals surface area (Å²) in [5.41, 5.74) is 5.01. The summed E-state index contributed by atoms with van der Waals surface area (Å²) in [5, 5.41) is 24.4. The molecule has 3 N–H and O–H groups in total. The lowest BCUT2D eigenvalue weighted by Gasteiger charge is -2.42. The van der Waals surface area contributed by atoms with Crippen LogP contribution in [0.25, 0.3) is 11.1 Å². The van der Waals surface area contributed by atoms with E-state index < -0.39 is 35.9 Å². The third kappa shape index (κ3) is 9.12. The summed E-state index contributed by atoms with van der Waals surface area (Å²) in [6.45, 7) is 1.95. The molecule has 4 aromatic rings. The lowest BCUT2D eigenvalue weighted by atomic mass is 9.84. The van der Waals surface area contributed by atoms with E-state index in [4.69, 9.17) is 21.1 Å². The molecule has 0 aromatic heterocycles. The lowest BCUT2D eigenvalue weighted by molar-refractivity contribution is -0.253. The number of hydrogen-bond acceptors (Lipinski definition) is 7. The van der Waals surface area contributed by atoms with Crippen molar-refractivity contribution in [2.24, 2.45) is 0 Å². The number of carbonyl (C=O) groups excluding carboxylic acids is 2. The molecule has 9 nitrogen and oxygen atoms in total. The van der Waals surface area contributed by atoms with Gasteiger partial charge in [0.1, 0.15) is 6.04 Å². The number of rotatable bonds is 10. The van der Waals surface area contributed by atoms with E-state index >= 15 is 0 Å². The molecule has 4 atom stereocenters. The average Bonchev–Trinajstić information content (AvgIpc) is 3.71. The number of piperidine rings is 1. The number of amides is 2. The van der Waals surface area contributed by atoms with Crippen LogP contribution in [0.5, 0.6) is 0 Å². The van der Waals surface area contributed by atoms with Gasteiger partial charge < -0.3 is 34.8 Å². The second-order valence-electron chi connectivity index (χ2n) is 14.8. The molecule has 3 fully saturated rings. The van der Waals surface area contributed by atoms with Crippen molar-refractivity contribution in [3.8, 4) is 11.1 Å². The van der Waals surface area contributed by atoms with Gasteiger partial charge in [-0.2, -0.15) is 13.2 Å². The Morgan fingerprint density at radius 2 is 1.55 bits per heavy atom. The molecule has 0 spiro atoms. The maximum absolute atomic E-state index is 13.1. The molecular formula is C43H45ClF3N3O6. The second kappa shape index (κ2) is 17.1. The van der Waals surface area contributed by atoms with Crippen LogP contribution in [0.15, 0.2) is 97.1 Å². The zero-order valence-corrected chi connectivity index (χ0v) is 31.5. The molecule has 7 rings (SSSR count). The number of nitrogens with one attached hydrogen (secondary N) is 1. The molecule has 4 aromatic carbocycles. The SMILES string of the molecule is O=C(NCc1ccccc1-c1ccc(C2OC(CN3CCC(O)(c4ccc(Cl)cc4)CC3)CC(c3ccc(CO)cc3)O2)cc1)C1CCCN1C(=O)C(F)(F)F. The zero-order valence-electron chi connectivity index (χ0n) is 30.8. The molecule has 3 saturated heterocycles. The Balaban J connectivity index is 1.04. The minimum absolute atomic E-state index is 0.0541. The first-order valence-corrected chi connectivity index (χ1v) is 19.3. The summed E-state index contributed by atoms with van der Waals surface area (Å²) in [4.78, 5) is 27.9. The fourth-order valence-electron chi connectivity index (χ4n) is 8.00. The second-order valence-corrected chi connectivity index (χ2v) is 15.3. The Morgan fingerprint density at radius 3 is 2.23 bits per heavy atom. The smallest absolute Gasteiger partial charge is 0.392 e. The first kappa shape index (κ1) is 39.9. The molecule has 0 bridgehead atoms. The van der Waals surface area contributed by atoms with Crippen LogP contribution < -0.4 is 5.32 Å². The van der Waals surface area contributed by atoms with Crippen molar-refractivity contribution in [3.63, 3.8) is 0 Å². The molecule has 0 saturated carbocycles. The quantitative estimate of drug-likeness (QED) is 0.156. The van der Waals surface area contributed by atoms with E-state index in [0.29, 0.717) is 55.2 Å². The van der Waals surface area contributed by atoms with Gasteiger partial charge >= 0.3 is 12.1 Å². The molecule has 0 aliphatic carbocycles. The standard InChI is InChI=1S/C43H45ClF3N3O6/c44-34-17-15-33(16-18-34)42(54)19-22-49(23-20-42)26-35-24-38(30-9-7-28(27-51)8-10-30)56-40(55-35)31-13-11-29(12-14-31)36-5-2-1-4-32(36)25-48-39(52)37-6-3-21-50(37)41(53)43(45,46)47/h1-2,4-5,7-18,35,37-38,40,51,54H,3,6,19-27H2,(H,48,52). The van der Waals surface area contributed by atoms with Crippen LogP contribution >= 0.6 is 11.6 Å². The number of alkyl halides is 3. The normalized spacial score (nSPS) is 22.9. The van der Waals surface area contributed by atoms with E-state index in [0.717, 1.165) is 38.9 Å². The molecule has 13 heteroatoms. The van der Waals surface area contributed by atoms with Crippen LogP contribution in [0.1, 0.15) is 72.3 Å². The molecule has 2 amide bonds. The maximum atomic E-state index is 13.1. The predicted molar refractivity (Wildman–Crippen MR) is 204 cm³/mol. The summed E-state index contributed by atoms with van der Waals surface area (Å²) in [5.74, 6) is -2.61. The first-order chi connectivity index (χ1) is 26.9. The van der Waals surface area contributed by atoms with Gasteiger partial charge in [-0.1, -0.05) is 96.5 Å². The highest BCUT2D eigenvalue weighted by atomic mass is 35.5. The fraction of sp³-hybridized carbons (Fsp3) is 0.395. The Kier molecular flexibility index (Phi) is 12.2. The van der Waals surface area contributed by atoms with Gasteiger partial charge in [0.2, 0.25) is 5.91 Å². The van der Waals surface area contributed by atoms with Gasteiger partial charge in [-0.25, -0.2) is 0 Å². The number of benzene rings is 4. The highest BCUT2D eigenvalue weighted by Crippen LogP contribution is 2.40. The van der Waals surface area contributed by atoms with Gasteiger partial charge in [0.15, 0.2) is 6.29 Å². The Hall–Kier alpha value is -4.30. The van der Waals surface area contributed by atoms with Crippen molar-refractivity contribution in [2.75, 3.05) is 26.2 Å². The van der Waals surface area contributed by atoms with E-state index in [9.17, 15) is 33.0 Å². The van der Waals surface area contributed by atoms with E-state index in [1.807, 2.05) is 84.9 Å². The van der Waals surface area contributed by atoms with E-state index in [-0.39, 0.29) is 38.3 Å². The first-order valence-electron chi connectivity index (χ1n) is 19.0. The van der Waals surface area contributed by atoms with Gasteiger partial charge in [0.05, 0.1) is 24.4 Å². The van der Waals surface area contributed by atoms with Crippen molar-refractivity contribution in [1.29, 1.82) is 0 Å². The van der Waals surface area contributed by atoms with Gasteiger partial charge in [0.25, 0.3) is 0 Å². The number of ether oxygens (including phenoxy) is 2. The number of nitrogens with zero attached hydrogens (tertiary/aromatic N) is 2. The number of aliphatic hydroxyl groups is 2. The minimum atomic E-state index is -5.04. The van der Waals surface area contributed by atoms with Crippen molar-refractivity contribution in [1.82, 2.24) is 15.1 Å². The highest BCUT2D eigenvalue weighted by molar-refractivity contribution is 6.30. The van der Waals surface area contributed by atoms with E-state index in [1.54, 1.807) is 12.1 Å². The van der Waals surface area contributed by atoms with Crippen LogP contribution in [-0.4, -0.2) is 76.3 Å². The Labute approximate surface area is 329 Å². The maximum Gasteiger partial charge on any atom is 0.471 e. The molecule has 3 heterocycles. The van der Waals surface area contributed by atoms with Gasteiger partial charge in [-0.3, -0.25) is 9.59 Å². The molecule has 296 valence electrons. The summed E-state index contributed by atoms with van der Waals surface area (Å²) in [6.07, 6.45) is -3.89. The summed E-state index contributed by atoms with van der Waals surface area (Å²) in [6, 6.07) is 29.2. The highest BCUT2D eigenvalue weighted by Gasteiger charge is 2.47. The molecule has 3 aliphatic rings. The van der Waals surface area contributed by atoms with Crippen molar-refractivity contribution < 1.29 is 42.4 Å². The monoisotopic (exact) mass is 791 g/mol. The van der Waals surface area contributed by atoms with E-state index in [2.05, 4.69) is 10.2 Å². The average molecular weight is 792 g/mol. The van der Waals surface area contributed by atoms with Crippen LogP contribution in [0, 0.1) is 0 Å². The third-order valence-corrected chi connectivity index (χ3v) is 11.4. The van der Waals surface area contributed by atoms with Crippen LogP contribution in [0.3, 0.4) is 0 Å². The molecule has 4 unspecified atom stereocenters. The zero-order chi connectivity index (χ0) is 39.5. The Bertz CT molecular complexity index is 1970. The molecule has 56 heavy (non-hydrogen) atoms. The van der Waals surface area contributed by atoms with Crippen LogP contribution in [0.4, 0.5) is 13.2 Å². The predicted octanol–water partition coefficient (Wildman–Crippen LogP) is 7.20. The van der Waals surface area contributed by atoms with Crippen molar-refractivity contribution in [2.45, 2.75) is 81.6 Å². The lowest BCUT2D eigenvalue weighted by Crippen LogP contribution is -2.50. The number of halogens is 4. The number of aliphatic hydroxyl groups excluding tert-OH is 1. The van der Waals surface area contributed by atoms with Crippen LogP contribution in [0.2, 0.25) is 5.02 Å². The minimum Gasteiger partial charge on any atom is -0.392 e. The number of hydrogen-bond donors (Lipinski definition) is 3. The van der Waals surface area contributed by atoms with Crippen LogP contribution in [-0.2, 0) is 37.8 Å². The van der Waals surface area contributed by atoms with Gasteiger partial charge in [-0.05, 0) is 71.2 Å². The molecule has 3 aliphatic heterocycles. The summed E-state index contributed by atoms with van der Waals surface area (Å²) >= 11 is 6.09. The summed E-state index contributed by atoms with van der Waals surface area (Å²) < 4.78 is 52.6. The number of likely N-dealkylation sites (tertiary alicyclic amines) is 2. The number of carbonyl (C=O) groups is 2. The van der Waals surface area contributed by atoms with E-state index in [1.165, 1.54) is 0 Å². The topological polar surface area (TPSA) is 112 Å². The van der Waals surface area contributed by atoms with Gasteiger partial charge in [-0.15, -0.1) is 0 Å². The molecule has 0 radical (unpaired) electrons. The summed E-state index contributed by atoms with van der Waals surface area (Å²) in [7, 11) is 0. The molecular weight excluding hydrogens is 747 g/mol. The fourth-order valence-corrected chi connectivity index (χ4v) is 8.12. The van der Waals surface area contributed by atoms with Crippen molar-refractivity contribution >= 4 is 23.4 Å².